The van der Waals surface area contributed by atoms with E-state index in [1.54, 1.807) is 6.92 Å². The highest BCUT2D eigenvalue weighted by Crippen LogP contribution is 2.14. The Morgan fingerprint density at radius 2 is 1.77 bits per heavy atom. The lowest BCUT2D eigenvalue weighted by molar-refractivity contribution is 0.0773. The van der Waals surface area contributed by atoms with Gasteiger partial charge >= 0.3 is 0 Å². The first-order chi connectivity index (χ1) is 12.3. The summed E-state index contributed by atoms with van der Waals surface area (Å²) in [5, 5.41) is 4.16. The molecule has 0 saturated carbocycles. The van der Waals surface area contributed by atoms with Gasteiger partial charge in [0.05, 0.1) is 5.69 Å². The Morgan fingerprint density at radius 3 is 2.42 bits per heavy atom. The van der Waals surface area contributed by atoms with Gasteiger partial charge in [0.25, 0.3) is 5.91 Å². The summed E-state index contributed by atoms with van der Waals surface area (Å²) in [5.41, 5.74) is 1.01. The van der Waals surface area contributed by atoms with Crippen molar-refractivity contribution < 1.29 is 18.0 Å². The van der Waals surface area contributed by atoms with Crippen molar-refractivity contribution in [3.63, 3.8) is 0 Å². The quantitative estimate of drug-likeness (QED) is 0.718. The number of nitrogens with zero attached hydrogens (tertiary/aromatic N) is 4. The summed E-state index contributed by atoms with van der Waals surface area (Å²) < 4.78 is 40.8. The van der Waals surface area contributed by atoms with Gasteiger partial charge in [0, 0.05) is 13.6 Å². The van der Waals surface area contributed by atoms with Crippen LogP contribution in [0.3, 0.4) is 0 Å². The van der Waals surface area contributed by atoms with Crippen molar-refractivity contribution in [3.8, 4) is 5.69 Å². The van der Waals surface area contributed by atoms with Crippen molar-refractivity contribution in [1.29, 1.82) is 0 Å². The Balaban J connectivity index is 1.80. The third-order valence-corrected chi connectivity index (χ3v) is 3.78. The van der Waals surface area contributed by atoms with E-state index in [-0.39, 0.29) is 18.2 Å². The summed E-state index contributed by atoms with van der Waals surface area (Å²) in [7, 11) is 1.51. The number of aryl methyl sites for hydroxylation is 1. The zero-order chi connectivity index (χ0) is 18.8. The SMILES string of the molecule is Cc1nc(C(=O)N(C)Cc2ccc(F)c(F)c2)nn1-c1ccc(F)cc1. The summed E-state index contributed by atoms with van der Waals surface area (Å²) >= 11 is 0. The lowest BCUT2D eigenvalue weighted by Gasteiger charge is -2.15. The third kappa shape index (κ3) is 3.58. The molecular formula is C18H15F3N4O. The highest BCUT2D eigenvalue weighted by molar-refractivity contribution is 5.90. The number of aromatic nitrogens is 3. The number of halogens is 3. The van der Waals surface area contributed by atoms with E-state index in [1.165, 1.54) is 47.0 Å². The average Bonchev–Trinajstić information content (AvgIpc) is 3.00. The van der Waals surface area contributed by atoms with Gasteiger partial charge in [-0.15, -0.1) is 5.10 Å². The molecule has 0 atom stereocenters. The van der Waals surface area contributed by atoms with Gasteiger partial charge in [-0.2, -0.15) is 0 Å². The number of hydrogen-bond donors (Lipinski definition) is 0. The molecular weight excluding hydrogens is 345 g/mol. The van der Waals surface area contributed by atoms with Gasteiger partial charge in [-0.25, -0.2) is 22.8 Å². The molecule has 0 fully saturated rings. The molecule has 0 aliphatic carbocycles. The number of amides is 1. The molecule has 0 saturated heterocycles. The third-order valence-electron chi connectivity index (χ3n) is 3.78. The van der Waals surface area contributed by atoms with Gasteiger partial charge in [0.15, 0.2) is 11.6 Å². The van der Waals surface area contributed by atoms with Crippen LogP contribution < -0.4 is 0 Å². The maximum atomic E-state index is 13.3. The highest BCUT2D eigenvalue weighted by Gasteiger charge is 2.19. The Kier molecular flexibility index (Phi) is 4.75. The van der Waals surface area contributed by atoms with Gasteiger partial charge in [-0.1, -0.05) is 6.07 Å². The summed E-state index contributed by atoms with van der Waals surface area (Å²) in [4.78, 5) is 18.0. The molecule has 1 aromatic heterocycles. The number of carbonyl (C=O) groups is 1. The molecule has 1 amide bonds. The van der Waals surface area contributed by atoms with Crippen LogP contribution in [0.15, 0.2) is 42.5 Å². The molecule has 0 aliphatic heterocycles. The molecule has 0 N–H and O–H groups in total. The van der Waals surface area contributed by atoms with E-state index in [9.17, 15) is 18.0 Å². The van der Waals surface area contributed by atoms with Crippen LogP contribution in [0.2, 0.25) is 0 Å². The number of rotatable bonds is 4. The number of benzene rings is 2. The van der Waals surface area contributed by atoms with E-state index in [4.69, 9.17) is 0 Å². The second-order valence-electron chi connectivity index (χ2n) is 5.78. The predicted molar refractivity (Wildman–Crippen MR) is 88.2 cm³/mol. The van der Waals surface area contributed by atoms with E-state index >= 15 is 0 Å². The second kappa shape index (κ2) is 6.99. The monoisotopic (exact) mass is 360 g/mol. The van der Waals surface area contributed by atoms with Crippen LogP contribution in [-0.4, -0.2) is 32.6 Å². The summed E-state index contributed by atoms with van der Waals surface area (Å²) in [6.07, 6.45) is 0. The van der Waals surface area contributed by atoms with Crippen LogP contribution in [0.4, 0.5) is 13.2 Å². The van der Waals surface area contributed by atoms with Crippen molar-refractivity contribution in [3.05, 3.63) is 77.1 Å². The standard InChI is InChI=1S/C18H15F3N4O/c1-11-22-17(23-25(11)14-6-4-13(19)5-7-14)18(26)24(2)10-12-3-8-15(20)16(21)9-12/h3-9H,10H2,1-2H3. The van der Waals surface area contributed by atoms with Crippen molar-refractivity contribution in [2.75, 3.05) is 7.05 Å². The molecule has 8 heteroatoms. The molecule has 0 aliphatic rings. The maximum absolute atomic E-state index is 13.3. The maximum Gasteiger partial charge on any atom is 0.293 e. The van der Waals surface area contributed by atoms with Crippen molar-refractivity contribution in [1.82, 2.24) is 19.7 Å². The van der Waals surface area contributed by atoms with E-state index in [0.717, 1.165) is 12.1 Å². The summed E-state index contributed by atoms with van der Waals surface area (Å²) in [6.45, 7) is 1.74. The lowest BCUT2D eigenvalue weighted by atomic mass is 10.2. The first-order valence-electron chi connectivity index (χ1n) is 7.74. The molecule has 0 radical (unpaired) electrons. The number of hydrogen-bond acceptors (Lipinski definition) is 3. The first kappa shape index (κ1) is 17.7. The van der Waals surface area contributed by atoms with Crippen LogP contribution in [0.1, 0.15) is 22.0 Å². The second-order valence-corrected chi connectivity index (χ2v) is 5.78. The highest BCUT2D eigenvalue weighted by atomic mass is 19.2. The minimum Gasteiger partial charge on any atom is -0.335 e. The molecule has 26 heavy (non-hydrogen) atoms. The van der Waals surface area contributed by atoms with Crippen molar-refractivity contribution in [2.24, 2.45) is 0 Å². The smallest absolute Gasteiger partial charge is 0.293 e. The topological polar surface area (TPSA) is 51.0 Å². The first-order valence-corrected chi connectivity index (χ1v) is 7.74. The fourth-order valence-electron chi connectivity index (χ4n) is 2.46. The minimum atomic E-state index is -0.974. The van der Waals surface area contributed by atoms with Gasteiger partial charge in [0.1, 0.15) is 11.6 Å². The fourth-order valence-corrected chi connectivity index (χ4v) is 2.46. The largest absolute Gasteiger partial charge is 0.335 e. The van der Waals surface area contributed by atoms with Crippen molar-refractivity contribution >= 4 is 5.91 Å². The van der Waals surface area contributed by atoms with E-state index < -0.39 is 17.5 Å². The Hall–Kier alpha value is -3.16. The van der Waals surface area contributed by atoms with Crippen LogP contribution in [-0.2, 0) is 6.54 Å². The molecule has 134 valence electrons. The van der Waals surface area contributed by atoms with E-state index in [1.807, 2.05) is 0 Å². The Bertz CT molecular complexity index is 954. The van der Waals surface area contributed by atoms with E-state index in [2.05, 4.69) is 10.1 Å². The lowest BCUT2D eigenvalue weighted by Crippen LogP contribution is -2.27. The number of carbonyl (C=O) groups excluding carboxylic acids is 1. The zero-order valence-electron chi connectivity index (χ0n) is 14.1. The molecule has 3 rings (SSSR count). The summed E-state index contributed by atoms with van der Waals surface area (Å²) in [5.74, 6) is -2.36. The molecule has 1 heterocycles. The minimum absolute atomic E-state index is 0.0445. The molecule has 0 bridgehead atoms. The van der Waals surface area contributed by atoms with Crippen molar-refractivity contribution in [2.45, 2.75) is 13.5 Å². The predicted octanol–water partition coefficient (Wildman–Crippen LogP) is 3.27. The summed E-state index contributed by atoms with van der Waals surface area (Å²) in [6, 6.07) is 9.06. The van der Waals surface area contributed by atoms with Gasteiger partial charge < -0.3 is 4.90 Å². The normalized spacial score (nSPS) is 10.8. The van der Waals surface area contributed by atoms with Crippen LogP contribution in [0.25, 0.3) is 5.69 Å². The molecule has 0 unspecified atom stereocenters. The van der Waals surface area contributed by atoms with Gasteiger partial charge in [0.2, 0.25) is 5.82 Å². The van der Waals surface area contributed by atoms with Gasteiger partial charge in [-0.3, -0.25) is 4.79 Å². The Labute approximate surface area is 147 Å². The van der Waals surface area contributed by atoms with Crippen LogP contribution in [0, 0.1) is 24.4 Å². The molecule has 0 spiro atoms. The average molecular weight is 360 g/mol. The van der Waals surface area contributed by atoms with Crippen LogP contribution >= 0.6 is 0 Å². The molecule has 5 nitrogen and oxygen atoms in total. The van der Waals surface area contributed by atoms with E-state index in [0.29, 0.717) is 17.1 Å². The zero-order valence-corrected chi connectivity index (χ0v) is 14.1. The Morgan fingerprint density at radius 1 is 1.08 bits per heavy atom. The van der Waals surface area contributed by atoms with Gasteiger partial charge in [-0.05, 0) is 48.9 Å². The van der Waals surface area contributed by atoms with Crippen LogP contribution in [0.5, 0.6) is 0 Å². The fraction of sp³-hybridized carbons (Fsp3) is 0.167. The molecule has 3 aromatic rings. The molecule has 2 aromatic carbocycles.